The molecule has 5 nitrogen and oxygen atoms in total. The van der Waals surface area contributed by atoms with E-state index in [9.17, 15) is 9.59 Å². The first-order chi connectivity index (χ1) is 11.3. The lowest BCUT2D eigenvalue weighted by Crippen LogP contribution is -2.50. The summed E-state index contributed by atoms with van der Waals surface area (Å²) in [6.07, 6.45) is 2.90. The molecule has 2 saturated heterocycles. The number of piperidine rings is 1. The van der Waals surface area contributed by atoms with E-state index in [0.29, 0.717) is 18.4 Å². The Hall–Kier alpha value is -2.04. The molecule has 0 N–H and O–H groups in total. The summed E-state index contributed by atoms with van der Waals surface area (Å²) in [5.74, 6) is -0.286. The smallest absolute Gasteiger partial charge is 0.410 e. The summed E-state index contributed by atoms with van der Waals surface area (Å²) >= 11 is 0. The number of hydrogen-bond acceptors (Lipinski definition) is 4. The van der Waals surface area contributed by atoms with Crippen LogP contribution in [0.2, 0.25) is 0 Å². The molecule has 2 aliphatic heterocycles. The van der Waals surface area contributed by atoms with Crippen molar-refractivity contribution in [2.75, 3.05) is 0 Å². The standard InChI is InChI=1S/C19H25NO4/c1-19(2,3)24-18(22)20-14-9-10-15(20)12-16(11-14)23-17(21)13-7-5-4-6-8-13/h4-8,14-16H,9-12H2,1-3H3/t14-,15+,16+. The number of carbonyl (C=O) groups excluding carboxylic acids is 2. The van der Waals surface area contributed by atoms with Crippen LogP contribution in [-0.2, 0) is 9.47 Å². The van der Waals surface area contributed by atoms with E-state index in [2.05, 4.69) is 0 Å². The minimum atomic E-state index is -0.493. The van der Waals surface area contributed by atoms with Crippen molar-refractivity contribution in [3.05, 3.63) is 35.9 Å². The van der Waals surface area contributed by atoms with Gasteiger partial charge >= 0.3 is 12.1 Å². The third-order valence-corrected chi connectivity index (χ3v) is 4.58. The molecule has 3 rings (SSSR count). The van der Waals surface area contributed by atoms with Crippen LogP contribution < -0.4 is 0 Å². The molecule has 3 atom stereocenters. The minimum absolute atomic E-state index is 0.104. The molecular weight excluding hydrogens is 306 g/mol. The van der Waals surface area contributed by atoms with Crippen LogP contribution in [0.1, 0.15) is 56.8 Å². The average molecular weight is 331 g/mol. The maximum Gasteiger partial charge on any atom is 0.410 e. The molecule has 1 aromatic rings. The minimum Gasteiger partial charge on any atom is -0.459 e. The number of rotatable bonds is 2. The van der Waals surface area contributed by atoms with Gasteiger partial charge in [-0.15, -0.1) is 0 Å². The van der Waals surface area contributed by atoms with Crippen molar-refractivity contribution in [3.63, 3.8) is 0 Å². The zero-order valence-corrected chi connectivity index (χ0v) is 14.5. The first-order valence-corrected chi connectivity index (χ1v) is 8.61. The van der Waals surface area contributed by atoms with Crippen molar-refractivity contribution < 1.29 is 19.1 Å². The van der Waals surface area contributed by atoms with E-state index in [0.717, 1.165) is 12.8 Å². The van der Waals surface area contributed by atoms with E-state index < -0.39 is 5.60 Å². The molecule has 2 fully saturated rings. The molecule has 0 radical (unpaired) electrons. The van der Waals surface area contributed by atoms with Crippen molar-refractivity contribution in [1.29, 1.82) is 0 Å². The maximum atomic E-state index is 12.4. The Kier molecular flexibility index (Phi) is 4.52. The lowest BCUT2D eigenvalue weighted by atomic mass is 10.00. The molecule has 24 heavy (non-hydrogen) atoms. The van der Waals surface area contributed by atoms with E-state index >= 15 is 0 Å². The summed E-state index contributed by atoms with van der Waals surface area (Å²) in [6.45, 7) is 5.63. The zero-order valence-electron chi connectivity index (χ0n) is 14.5. The largest absolute Gasteiger partial charge is 0.459 e. The van der Waals surface area contributed by atoms with Crippen LogP contribution in [-0.4, -0.2) is 40.8 Å². The Labute approximate surface area is 142 Å². The van der Waals surface area contributed by atoms with E-state index in [1.165, 1.54) is 0 Å². The van der Waals surface area contributed by atoms with Crippen molar-refractivity contribution in [3.8, 4) is 0 Å². The van der Waals surface area contributed by atoms with Crippen LogP contribution in [0.3, 0.4) is 0 Å². The lowest BCUT2D eigenvalue weighted by molar-refractivity contribution is -0.0226. The summed E-state index contributed by atoms with van der Waals surface area (Å²) in [5.41, 5.74) is 0.0760. The van der Waals surface area contributed by atoms with Gasteiger partial charge in [-0.05, 0) is 45.7 Å². The first kappa shape index (κ1) is 16.8. The van der Waals surface area contributed by atoms with Gasteiger partial charge in [0.05, 0.1) is 5.56 Å². The van der Waals surface area contributed by atoms with Crippen LogP contribution in [0.5, 0.6) is 0 Å². The number of nitrogens with zero attached hydrogens (tertiary/aromatic N) is 1. The molecule has 0 unspecified atom stereocenters. The van der Waals surface area contributed by atoms with Crippen LogP contribution in [0.15, 0.2) is 30.3 Å². The Morgan fingerprint density at radius 3 is 2.17 bits per heavy atom. The second-order valence-corrected chi connectivity index (χ2v) is 7.64. The quantitative estimate of drug-likeness (QED) is 0.774. The van der Waals surface area contributed by atoms with Gasteiger partial charge in [0.25, 0.3) is 0 Å². The number of fused-ring (bicyclic) bond motifs is 2. The summed E-state index contributed by atoms with van der Waals surface area (Å²) < 4.78 is 11.2. The first-order valence-electron chi connectivity index (χ1n) is 8.61. The highest BCUT2D eigenvalue weighted by Gasteiger charge is 2.45. The van der Waals surface area contributed by atoms with Crippen molar-refractivity contribution >= 4 is 12.1 Å². The SMILES string of the molecule is CC(C)(C)OC(=O)N1[C@@H]2CC[C@H]1C[C@@H](OC(=O)c1ccccc1)C2. The van der Waals surface area contributed by atoms with Crippen LogP contribution in [0.25, 0.3) is 0 Å². The Bertz CT molecular complexity index is 594. The highest BCUT2D eigenvalue weighted by molar-refractivity contribution is 5.89. The summed E-state index contributed by atoms with van der Waals surface area (Å²) in [4.78, 5) is 26.5. The number of hydrogen-bond donors (Lipinski definition) is 0. The number of ether oxygens (including phenoxy) is 2. The third-order valence-electron chi connectivity index (χ3n) is 4.58. The summed E-state index contributed by atoms with van der Waals surface area (Å²) in [5, 5.41) is 0. The van der Waals surface area contributed by atoms with E-state index in [4.69, 9.17) is 9.47 Å². The number of amides is 1. The predicted octanol–water partition coefficient (Wildman–Crippen LogP) is 3.77. The summed E-state index contributed by atoms with van der Waals surface area (Å²) in [6, 6.07) is 9.24. The average Bonchev–Trinajstić information content (AvgIpc) is 2.78. The van der Waals surface area contributed by atoms with Gasteiger partial charge in [0.15, 0.2) is 0 Å². The molecule has 5 heteroatoms. The van der Waals surface area contributed by atoms with Crippen molar-refractivity contribution in [1.82, 2.24) is 4.90 Å². The number of carbonyl (C=O) groups is 2. The van der Waals surface area contributed by atoms with E-state index in [1.807, 2.05) is 43.9 Å². The topological polar surface area (TPSA) is 55.8 Å². The van der Waals surface area contributed by atoms with E-state index in [-0.39, 0.29) is 30.3 Å². The fourth-order valence-electron chi connectivity index (χ4n) is 3.63. The van der Waals surface area contributed by atoms with Gasteiger partial charge in [-0.2, -0.15) is 0 Å². The van der Waals surface area contributed by atoms with Crippen LogP contribution >= 0.6 is 0 Å². The third kappa shape index (κ3) is 3.71. The maximum absolute atomic E-state index is 12.4. The molecule has 0 spiro atoms. The van der Waals surface area contributed by atoms with Gasteiger partial charge in [0, 0.05) is 24.9 Å². The fraction of sp³-hybridized carbons (Fsp3) is 0.579. The highest BCUT2D eigenvalue weighted by atomic mass is 16.6. The summed E-state index contributed by atoms with van der Waals surface area (Å²) in [7, 11) is 0. The van der Waals surface area contributed by atoms with Gasteiger partial charge in [-0.25, -0.2) is 9.59 Å². The van der Waals surface area contributed by atoms with Crippen molar-refractivity contribution in [2.45, 2.75) is 70.2 Å². The predicted molar refractivity (Wildman–Crippen MR) is 89.8 cm³/mol. The lowest BCUT2D eigenvalue weighted by Gasteiger charge is -2.39. The number of benzene rings is 1. The fourth-order valence-corrected chi connectivity index (χ4v) is 3.63. The van der Waals surface area contributed by atoms with E-state index in [1.54, 1.807) is 12.1 Å². The molecule has 0 aromatic heterocycles. The van der Waals surface area contributed by atoms with Crippen LogP contribution in [0.4, 0.5) is 4.79 Å². The molecule has 2 heterocycles. The Morgan fingerprint density at radius 1 is 1.04 bits per heavy atom. The normalized spacial score (nSPS) is 26.1. The van der Waals surface area contributed by atoms with Gasteiger partial charge in [-0.3, -0.25) is 0 Å². The van der Waals surface area contributed by atoms with Gasteiger partial charge in [0.2, 0.25) is 0 Å². The van der Waals surface area contributed by atoms with Crippen LogP contribution in [0, 0.1) is 0 Å². The Balaban J connectivity index is 1.61. The van der Waals surface area contributed by atoms with Crippen molar-refractivity contribution in [2.24, 2.45) is 0 Å². The highest BCUT2D eigenvalue weighted by Crippen LogP contribution is 2.38. The molecule has 0 aliphatic carbocycles. The molecule has 1 aromatic carbocycles. The number of esters is 1. The zero-order chi connectivity index (χ0) is 17.3. The molecule has 2 bridgehead atoms. The molecular formula is C19H25NO4. The van der Waals surface area contributed by atoms with Gasteiger partial charge < -0.3 is 14.4 Å². The second-order valence-electron chi connectivity index (χ2n) is 7.64. The monoisotopic (exact) mass is 331 g/mol. The molecule has 130 valence electrons. The Morgan fingerprint density at radius 2 is 1.62 bits per heavy atom. The second kappa shape index (κ2) is 6.46. The van der Waals surface area contributed by atoms with Gasteiger partial charge in [-0.1, -0.05) is 18.2 Å². The molecule has 0 saturated carbocycles. The molecule has 2 aliphatic rings. The van der Waals surface area contributed by atoms with Gasteiger partial charge in [0.1, 0.15) is 11.7 Å². The molecule has 1 amide bonds.